The van der Waals surface area contributed by atoms with Crippen LogP contribution in [-0.2, 0) is 11.3 Å². The van der Waals surface area contributed by atoms with Crippen LogP contribution in [0.3, 0.4) is 0 Å². The minimum Gasteiger partial charge on any atom is -0.495 e. The number of amides is 1. The van der Waals surface area contributed by atoms with Crippen LogP contribution in [0, 0.1) is 6.92 Å². The molecule has 3 aromatic rings. The molecule has 3 rings (SSSR count). The van der Waals surface area contributed by atoms with E-state index >= 15 is 0 Å². The average Bonchev–Trinajstić information content (AvgIpc) is 2.72. The number of benzene rings is 2. The second-order valence-corrected chi connectivity index (χ2v) is 7.43. The van der Waals surface area contributed by atoms with E-state index in [1.807, 2.05) is 25.1 Å². The minimum atomic E-state index is -0.227. The van der Waals surface area contributed by atoms with Gasteiger partial charge in [-0.05, 0) is 43.2 Å². The van der Waals surface area contributed by atoms with E-state index in [9.17, 15) is 9.59 Å². The number of methoxy groups -OCH3 is 1. The van der Waals surface area contributed by atoms with Crippen molar-refractivity contribution in [3.63, 3.8) is 0 Å². The van der Waals surface area contributed by atoms with Gasteiger partial charge in [0.05, 0.1) is 29.5 Å². The molecule has 2 N–H and O–H groups in total. The summed E-state index contributed by atoms with van der Waals surface area (Å²) in [5.41, 5.74) is 2.01. The number of rotatable bonds is 8. The number of nitrogens with zero attached hydrogens (tertiary/aromatic N) is 2. The van der Waals surface area contributed by atoms with Crippen molar-refractivity contribution < 1.29 is 14.6 Å². The lowest BCUT2D eigenvalue weighted by Crippen LogP contribution is -2.24. The monoisotopic (exact) mass is 413 g/mol. The van der Waals surface area contributed by atoms with Gasteiger partial charge < -0.3 is 15.2 Å². The van der Waals surface area contributed by atoms with Gasteiger partial charge in [0.15, 0.2) is 5.16 Å². The first-order valence-corrected chi connectivity index (χ1v) is 10.2. The molecule has 8 heteroatoms. The summed E-state index contributed by atoms with van der Waals surface area (Å²) >= 11 is 1.19. The number of aromatic nitrogens is 2. The van der Waals surface area contributed by atoms with Crippen LogP contribution in [0.15, 0.2) is 52.4 Å². The number of anilines is 1. The predicted octanol–water partition coefficient (Wildman–Crippen LogP) is 2.83. The molecule has 0 fully saturated rings. The largest absolute Gasteiger partial charge is 0.495 e. The molecule has 29 heavy (non-hydrogen) atoms. The fraction of sp³-hybridized carbons (Fsp3) is 0.286. The van der Waals surface area contributed by atoms with Crippen molar-refractivity contribution in [2.45, 2.75) is 25.0 Å². The summed E-state index contributed by atoms with van der Waals surface area (Å²) in [5.74, 6) is 0.439. The van der Waals surface area contributed by atoms with Gasteiger partial charge in [-0.15, -0.1) is 0 Å². The van der Waals surface area contributed by atoms with Gasteiger partial charge in [0.1, 0.15) is 5.75 Å². The molecule has 1 aromatic heterocycles. The third-order valence-electron chi connectivity index (χ3n) is 4.33. The number of aryl methyl sites for hydroxylation is 1. The molecule has 0 aliphatic heterocycles. The highest BCUT2D eigenvalue weighted by atomic mass is 32.2. The Labute approximate surface area is 172 Å². The van der Waals surface area contributed by atoms with E-state index in [1.54, 1.807) is 31.4 Å². The Morgan fingerprint density at radius 2 is 2.07 bits per heavy atom. The maximum Gasteiger partial charge on any atom is 0.262 e. The molecule has 1 amide bonds. The van der Waals surface area contributed by atoms with Gasteiger partial charge in [-0.1, -0.05) is 30.0 Å². The first-order valence-electron chi connectivity index (χ1n) is 9.21. The molecular weight excluding hydrogens is 390 g/mol. The van der Waals surface area contributed by atoms with E-state index in [2.05, 4.69) is 10.3 Å². The molecule has 0 saturated carbocycles. The number of carbonyl (C=O) groups is 1. The highest BCUT2D eigenvalue weighted by Crippen LogP contribution is 2.26. The van der Waals surface area contributed by atoms with Gasteiger partial charge in [0, 0.05) is 13.2 Å². The quantitative estimate of drug-likeness (QED) is 0.436. The van der Waals surface area contributed by atoms with Gasteiger partial charge in [-0.3, -0.25) is 14.2 Å². The molecule has 7 nitrogen and oxygen atoms in total. The number of hydrogen-bond acceptors (Lipinski definition) is 6. The lowest BCUT2D eigenvalue weighted by Gasteiger charge is -2.13. The molecule has 0 unspecified atom stereocenters. The Balaban J connectivity index is 1.81. The molecule has 0 radical (unpaired) electrons. The van der Waals surface area contributed by atoms with E-state index in [4.69, 9.17) is 9.84 Å². The van der Waals surface area contributed by atoms with Crippen molar-refractivity contribution in [2.24, 2.45) is 0 Å². The van der Waals surface area contributed by atoms with Crippen LogP contribution in [0.5, 0.6) is 5.75 Å². The third-order valence-corrected chi connectivity index (χ3v) is 5.30. The zero-order chi connectivity index (χ0) is 20.8. The summed E-state index contributed by atoms with van der Waals surface area (Å²) in [7, 11) is 1.55. The molecule has 0 aliphatic carbocycles. The second-order valence-electron chi connectivity index (χ2n) is 6.49. The Bertz CT molecular complexity index is 1080. The summed E-state index contributed by atoms with van der Waals surface area (Å²) < 4.78 is 6.81. The van der Waals surface area contributed by atoms with E-state index in [0.717, 1.165) is 5.56 Å². The van der Waals surface area contributed by atoms with Crippen molar-refractivity contribution in [1.29, 1.82) is 0 Å². The third kappa shape index (κ3) is 4.96. The zero-order valence-electron chi connectivity index (χ0n) is 16.3. The highest BCUT2D eigenvalue weighted by Gasteiger charge is 2.14. The van der Waals surface area contributed by atoms with Gasteiger partial charge in [-0.25, -0.2) is 4.98 Å². The molecular formula is C21H23N3O4S. The maximum atomic E-state index is 12.8. The molecule has 0 spiro atoms. The standard InChI is InChI=1S/C21H23N3O4S/c1-14-8-9-18(28-2)17(12-14)22-19(26)13-29-21-23-16-7-4-3-6-15(16)20(27)24(21)10-5-11-25/h3-4,6-9,12,25H,5,10-11,13H2,1-2H3,(H,22,26). The van der Waals surface area contributed by atoms with Crippen LogP contribution in [0.4, 0.5) is 5.69 Å². The topological polar surface area (TPSA) is 93.5 Å². The number of aliphatic hydroxyl groups is 1. The van der Waals surface area contributed by atoms with Crippen LogP contribution in [0.2, 0.25) is 0 Å². The van der Waals surface area contributed by atoms with Gasteiger partial charge in [-0.2, -0.15) is 0 Å². The summed E-state index contributed by atoms with van der Waals surface area (Å²) in [6.07, 6.45) is 0.431. The van der Waals surface area contributed by atoms with Crippen LogP contribution < -0.4 is 15.6 Å². The van der Waals surface area contributed by atoms with E-state index < -0.39 is 0 Å². The van der Waals surface area contributed by atoms with E-state index in [0.29, 0.717) is 40.5 Å². The fourth-order valence-electron chi connectivity index (χ4n) is 2.92. The SMILES string of the molecule is COc1ccc(C)cc1NC(=O)CSc1nc2ccccc2c(=O)n1CCCO. The van der Waals surface area contributed by atoms with Crippen molar-refractivity contribution in [1.82, 2.24) is 9.55 Å². The first kappa shape index (κ1) is 20.9. The summed E-state index contributed by atoms with van der Waals surface area (Å²) in [5, 5.41) is 13.0. The lowest BCUT2D eigenvalue weighted by molar-refractivity contribution is -0.113. The summed E-state index contributed by atoms with van der Waals surface area (Å²) in [6.45, 7) is 2.24. The van der Waals surface area contributed by atoms with Crippen LogP contribution >= 0.6 is 11.8 Å². The highest BCUT2D eigenvalue weighted by molar-refractivity contribution is 7.99. The number of carbonyl (C=O) groups excluding carboxylic acids is 1. The normalized spacial score (nSPS) is 10.9. The zero-order valence-corrected chi connectivity index (χ0v) is 17.2. The van der Waals surface area contributed by atoms with Crippen molar-refractivity contribution in [3.05, 3.63) is 58.4 Å². The van der Waals surface area contributed by atoms with Crippen molar-refractivity contribution >= 4 is 34.3 Å². The maximum absolute atomic E-state index is 12.8. The van der Waals surface area contributed by atoms with Crippen LogP contribution in [-0.4, -0.2) is 40.0 Å². The second kappa shape index (κ2) is 9.58. The fourth-order valence-corrected chi connectivity index (χ4v) is 3.75. The smallest absolute Gasteiger partial charge is 0.262 e. The van der Waals surface area contributed by atoms with E-state index in [1.165, 1.54) is 16.3 Å². The number of hydrogen-bond donors (Lipinski definition) is 2. The molecule has 0 aliphatic rings. The first-order chi connectivity index (χ1) is 14.0. The summed E-state index contributed by atoms with van der Waals surface area (Å²) in [4.78, 5) is 29.9. The molecule has 152 valence electrons. The lowest BCUT2D eigenvalue weighted by atomic mass is 10.2. The molecule has 1 heterocycles. The Morgan fingerprint density at radius 3 is 2.83 bits per heavy atom. The number of fused-ring (bicyclic) bond motifs is 1. The Morgan fingerprint density at radius 1 is 1.28 bits per heavy atom. The summed E-state index contributed by atoms with van der Waals surface area (Å²) in [6, 6.07) is 12.7. The molecule has 2 aromatic carbocycles. The van der Waals surface area contributed by atoms with Crippen LogP contribution in [0.1, 0.15) is 12.0 Å². The number of nitrogens with one attached hydrogen (secondary N) is 1. The van der Waals surface area contributed by atoms with Gasteiger partial charge in [0.2, 0.25) is 5.91 Å². The molecule has 0 saturated heterocycles. The minimum absolute atomic E-state index is 0.0307. The number of para-hydroxylation sites is 1. The van der Waals surface area contributed by atoms with Crippen molar-refractivity contribution in [3.8, 4) is 5.75 Å². The average molecular weight is 413 g/mol. The number of ether oxygens (including phenoxy) is 1. The number of aliphatic hydroxyl groups excluding tert-OH is 1. The van der Waals surface area contributed by atoms with E-state index in [-0.39, 0.29) is 23.8 Å². The Hall–Kier alpha value is -2.84. The van der Waals surface area contributed by atoms with Crippen molar-refractivity contribution in [2.75, 3.05) is 24.8 Å². The van der Waals surface area contributed by atoms with Crippen LogP contribution in [0.25, 0.3) is 10.9 Å². The van der Waals surface area contributed by atoms with Gasteiger partial charge >= 0.3 is 0 Å². The molecule has 0 bridgehead atoms. The molecule has 0 atom stereocenters. The van der Waals surface area contributed by atoms with Gasteiger partial charge in [0.25, 0.3) is 5.56 Å². The number of thioether (sulfide) groups is 1. The Kier molecular flexibility index (Phi) is 6.90. The predicted molar refractivity (Wildman–Crippen MR) is 115 cm³/mol.